The number of aryl methyl sites for hydroxylation is 2. The molecule has 1 amide bonds. The molecule has 1 aliphatic rings. The van der Waals surface area contributed by atoms with Crippen LogP contribution >= 0.6 is 27.7 Å². The Bertz CT molecular complexity index is 1320. The fourth-order valence-electron chi connectivity index (χ4n) is 3.93. The maximum Gasteiger partial charge on any atom is 0.271 e. The molecule has 1 aliphatic heterocycles. The van der Waals surface area contributed by atoms with Crippen molar-refractivity contribution in [2.75, 3.05) is 19.1 Å². The Morgan fingerprint density at radius 1 is 0.943 bits per heavy atom. The van der Waals surface area contributed by atoms with Gasteiger partial charge in [-0.1, -0.05) is 66.2 Å². The SMILES string of the molecule is CCc1ccccc1N=C1S/C(=C/c2cc(OC)c(OC)cc2Br)C(=O)N1c1ccccc1CC. The average Bonchev–Trinajstić information content (AvgIpc) is 3.19. The Morgan fingerprint density at radius 2 is 1.57 bits per heavy atom. The highest BCUT2D eigenvalue weighted by Gasteiger charge is 2.36. The molecular formula is C28H27BrN2O3S. The van der Waals surface area contributed by atoms with Crippen LogP contribution in [-0.2, 0) is 17.6 Å². The van der Waals surface area contributed by atoms with E-state index in [0.717, 1.165) is 45.4 Å². The fraction of sp³-hybridized carbons (Fsp3) is 0.214. The Morgan fingerprint density at radius 3 is 2.26 bits per heavy atom. The van der Waals surface area contributed by atoms with Gasteiger partial charge in [-0.2, -0.15) is 0 Å². The zero-order chi connectivity index (χ0) is 24.9. The molecule has 180 valence electrons. The number of carbonyl (C=O) groups excluding carboxylic acids is 1. The largest absolute Gasteiger partial charge is 0.493 e. The van der Waals surface area contributed by atoms with Gasteiger partial charge in [0.25, 0.3) is 5.91 Å². The lowest BCUT2D eigenvalue weighted by molar-refractivity contribution is -0.113. The zero-order valence-electron chi connectivity index (χ0n) is 20.2. The van der Waals surface area contributed by atoms with Gasteiger partial charge in [-0.05, 0) is 71.6 Å². The van der Waals surface area contributed by atoms with Crippen molar-refractivity contribution in [2.24, 2.45) is 4.99 Å². The molecule has 1 saturated heterocycles. The number of benzene rings is 3. The van der Waals surface area contributed by atoms with E-state index in [1.807, 2.05) is 54.6 Å². The van der Waals surface area contributed by atoms with Crippen LogP contribution < -0.4 is 14.4 Å². The summed E-state index contributed by atoms with van der Waals surface area (Å²) in [7, 11) is 3.19. The summed E-state index contributed by atoms with van der Waals surface area (Å²) in [5.41, 5.74) is 4.77. The number of thioether (sulfide) groups is 1. The van der Waals surface area contributed by atoms with Crippen LogP contribution in [0.1, 0.15) is 30.5 Å². The number of rotatable bonds is 7. The minimum absolute atomic E-state index is 0.106. The number of ether oxygens (including phenoxy) is 2. The van der Waals surface area contributed by atoms with Gasteiger partial charge >= 0.3 is 0 Å². The first kappa shape index (κ1) is 25.1. The van der Waals surface area contributed by atoms with Crippen LogP contribution in [-0.4, -0.2) is 25.3 Å². The van der Waals surface area contributed by atoms with Crippen molar-refractivity contribution in [3.05, 3.63) is 86.7 Å². The Hall–Kier alpha value is -3.03. The molecule has 3 aromatic rings. The molecule has 1 fully saturated rings. The molecule has 0 radical (unpaired) electrons. The molecule has 0 atom stereocenters. The van der Waals surface area contributed by atoms with Gasteiger partial charge in [-0.25, -0.2) is 4.99 Å². The van der Waals surface area contributed by atoms with Crippen molar-refractivity contribution < 1.29 is 14.3 Å². The van der Waals surface area contributed by atoms with Crippen LogP contribution in [0.2, 0.25) is 0 Å². The third-order valence-electron chi connectivity index (χ3n) is 5.80. The van der Waals surface area contributed by atoms with E-state index in [-0.39, 0.29) is 5.91 Å². The number of methoxy groups -OCH3 is 2. The summed E-state index contributed by atoms with van der Waals surface area (Å²) in [4.78, 5) is 21.1. The van der Waals surface area contributed by atoms with Gasteiger partial charge in [0, 0.05) is 4.47 Å². The highest BCUT2D eigenvalue weighted by molar-refractivity contribution is 9.10. The van der Waals surface area contributed by atoms with Crippen molar-refractivity contribution in [3.8, 4) is 11.5 Å². The normalized spacial score (nSPS) is 15.8. The Kier molecular flexibility index (Phi) is 7.98. The summed E-state index contributed by atoms with van der Waals surface area (Å²) in [5, 5.41) is 0.639. The Balaban J connectivity index is 1.85. The van der Waals surface area contributed by atoms with Crippen molar-refractivity contribution in [3.63, 3.8) is 0 Å². The number of aliphatic imine (C=N–C) groups is 1. The number of amides is 1. The quantitative estimate of drug-likeness (QED) is 0.287. The van der Waals surface area contributed by atoms with E-state index >= 15 is 0 Å². The summed E-state index contributed by atoms with van der Waals surface area (Å²) in [5.74, 6) is 1.10. The molecule has 0 saturated carbocycles. The van der Waals surface area contributed by atoms with E-state index in [2.05, 4.69) is 41.9 Å². The number of nitrogens with zero attached hydrogens (tertiary/aromatic N) is 2. The smallest absolute Gasteiger partial charge is 0.271 e. The van der Waals surface area contributed by atoms with Crippen LogP contribution in [0.5, 0.6) is 11.5 Å². The van der Waals surface area contributed by atoms with Crippen LogP contribution in [0.4, 0.5) is 11.4 Å². The summed E-state index contributed by atoms with van der Waals surface area (Å²) >= 11 is 4.98. The highest BCUT2D eigenvalue weighted by Crippen LogP contribution is 2.41. The fourth-order valence-corrected chi connectivity index (χ4v) is 5.35. The molecule has 0 N–H and O–H groups in total. The predicted molar refractivity (Wildman–Crippen MR) is 149 cm³/mol. The van der Waals surface area contributed by atoms with Crippen molar-refractivity contribution in [1.29, 1.82) is 0 Å². The second-order valence-electron chi connectivity index (χ2n) is 7.84. The van der Waals surface area contributed by atoms with Crippen molar-refractivity contribution in [2.45, 2.75) is 26.7 Å². The van der Waals surface area contributed by atoms with Gasteiger partial charge in [0.2, 0.25) is 0 Å². The van der Waals surface area contributed by atoms with Crippen molar-refractivity contribution in [1.82, 2.24) is 0 Å². The van der Waals surface area contributed by atoms with Gasteiger partial charge in [-0.15, -0.1) is 0 Å². The molecule has 4 rings (SSSR count). The number of anilines is 1. The Labute approximate surface area is 219 Å². The topological polar surface area (TPSA) is 51.1 Å². The molecule has 3 aromatic carbocycles. The maximum atomic E-state index is 13.8. The second kappa shape index (κ2) is 11.1. The summed E-state index contributed by atoms with van der Waals surface area (Å²) < 4.78 is 11.7. The number of amidine groups is 1. The summed E-state index contributed by atoms with van der Waals surface area (Å²) in [6, 6.07) is 19.7. The van der Waals surface area contributed by atoms with Gasteiger partial charge in [-0.3, -0.25) is 9.69 Å². The summed E-state index contributed by atoms with van der Waals surface area (Å²) in [6.45, 7) is 4.20. The lowest BCUT2D eigenvalue weighted by Gasteiger charge is -2.19. The first-order valence-electron chi connectivity index (χ1n) is 11.4. The van der Waals surface area contributed by atoms with Gasteiger partial charge in [0.05, 0.1) is 30.5 Å². The molecule has 0 aliphatic carbocycles. The minimum atomic E-state index is -0.106. The third kappa shape index (κ3) is 5.16. The first-order valence-corrected chi connectivity index (χ1v) is 13.0. The predicted octanol–water partition coefficient (Wildman–Crippen LogP) is 7.40. The molecular weight excluding hydrogens is 524 g/mol. The molecule has 35 heavy (non-hydrogen) atoms. The highest BCUT2D eigenvalue weighted by atomic mass is 79.9. The van der Waals surface area contributed by atoms with E-state index in [1.54, 1.807) is 19.1 Å². The van der Waals surface area contributed by atoms with E-state index in [4.69, 9.17) is 14.5 Å². The van der Waals surface area contributed by atoms with E-state index < -0.39 is 0 Å². The average molecular weight is 552 g/mol. The minimum Gasteiger partial charge on any atom is -0.493 e. The standard InChI is InChI=1S/C28H27BrN2O3S/c1-5-18-11-7-9-13-22(18)30-28-31(23-14-10-8-12-19(23)6-2)27(32)26(35-28)16-20-15-24(33-3)25(34-4)17-21(20)29/h7-17H,5-6H2,1-4H3/b26-16+,30-28?. The molecule has 7 heteroatoms. The number of hydrogen-bond acceptors (Lipinski definition) is 5. The van der Waals surface area contributed by atoms with E-state index in [1.165, 1.54) is 11.8 Å². The first-order chi connectivity index (χ1) is 17.0. The molecule has 0 bridgehead atoms. The van der Waals surface area contributed by atoms with Crippen molar-refractivity contribution >= 4 is 56.2 Å². The lowest BCUT2D eigenvalue weighted by atomic mass is 10.1. The van der Waals surface area contributed by atoms with Crippen LogP contribution in [0.15, 0.2) is 75.0 Å². The molecule has 0 aromatic heterocycles. The van der Waals surface area contributed by atoms with Gasteiger partial charge < -0.3 is 9.47 Å². The number of halogens is 1. The molecule has 0 unspecified atom stereocenters. The van der Waals surface area contributed by atoms with Crippen LogP contribution in [0.3, 0.4) is 0 Å². The molecule has 5 nitrogen and oxygen atoms in total. The molecule has 0 spiro atoms. The summed E-state index contributed by atoms with van der Waals surface area (Å²) in [6.07, 6.45) is 3.54. The van der Waals surface area contributed by atoms with Crippen LogP contribution in [0, 0.1) is 0 Å². The van der Waals surface area contributed by atoms with Crippen LogP contribution in [0.25, 0.3) is 6.08 Å². The zero-order valence-corrected chi connectivity index (χ0v) is 22.6. The monoisotopic (exact) mass is 550 g/mol. The number of hydrogen-bond donors (Lipinski definition) is 0. The lowest BCUT2D eigenvalue weighted by Crippen LogP contribution is -2.29. The van der Waals surface area contributed by atoms with E-state index in [9.17, 15) is 4.79 Å². The molecule has 1 heterocycles. The van der Waals surface area contributed by atoms with Gasteiger partial charge in [0.15, 0.2) is 16.7 Å². The third-order valence-corrected chi connectivity index (χ3v) is 7.45. The van der Waals surface area contributed by atoms with E-state index in [0.29, 0.717) is 21.6 Å². The second-order valence-corrected chi connectivity index (χ2v) is 9.70. The maximum absolute atomic E-state index is 13.8. The van der Waals surface area contributed by atoms with Gasteiger partial charge in [0.1, 0.15) is 0 Å². The number of carbonyl (C=O) groups is 1. The number of para-hydroxylation sites is 2.